The second kappa shape index (κ2) is 10.5. The Labute approximate surface area is 227 Å². The first kappa shape index (κ1) is 26.9. The summed E-state index contributed by atoms with van der Waals surface area (Å²) in [4.78, 5) is 14.0. The number of sulfonamides is 1. The number of hydrogen-bond donors (Lipinski definition) is 3. The van der Waals surface area contributed by atoms with Crippen molar-refractivity contribution in [1.82, 2.24) is 4.72 Å². The molecule has 10 nitrogen and oxygen atoms in total. The summed E-state index contributed by atoms with van der Waals surface area (Å²) in [6, 6.07) is 19.2. The number of carbonyl (C=O) groups excluding carboxylic acids is 1. The first-order chi connectivity index (χ1) is 18.5. The minimum Gasteiger partial charge on any atom is -0.453 e. The Morgan fingerprint density at radius 1 is 0.974 bits per heavy atom. The molecule has 0 aromatic heterocycles. The molecule has 11 heteroatoms. The van der Waals surface area contributed by atoms with Crippen LogP contribution < -0.4 is 19.7 Å². The second-order valence-corrected chi connectivity index (χ2v) is 12.1. The van der Waals surface area contributed by atoms with E-state index in [0.29, 0.717) is 11.5 Å². The zero-order valence-corrected chi connectivity index (χ0v) is 22.6. The van der Waals surface area contributed by atoms with Gasteiger partial charge < -0.3 is 24.2 Å². The molecule has 5 rings (SSSR count). The molecule has 0 saturated carbocycles. The van der Waals surface area contributed by atoms with Crippen molar-refractivity contribution in [2.24, 2.45) is 0 Å². The number of aliphatic hydroxyl groups is 1. The summed E-state index contributed by atoms with van der Waals surface area (Å²) in [6.45, 7) is 5.36. The molecule has 0 bridgehead atoms. The van der Waals surface area contributed by atoms with Gasteiger partial charge in [0.25, 0.3) is 0 Å². The molecule has 39 heavy (non-hydrogen) atoms. The van der Waals surface area contributed by atoms with Crippen molar-refractivity contribution in [3.8, 4) is 11.5 Å². The molecule has 206 valence electrons. The number of carbonyl (C=O) groups is 1. The van der Waals surface area contributed by atoms with Crippen molar-refractivity contribution in [2.75, 3.05) is 23.4 Å². The van der Waals surface area contributed by atoms with Crippen LogP contribution in [0.25, 0.3) is 0 Å². The van der Waals surface area contributed by atoms with Crippen LogP contribution in [0.2, 0.25) is 0 Å². The van der Waals surface area contributed by atoms with Crippen molar-refractivity contribution in [1.29, 1.82) is 0 Å². The van der Waals surface area contributed by atoms with E-state index >= 15 is 0 Å². The minimum absolute atomic E-state index is 0.0135. The van der Waals surface area contributed by atoms with Gasteiger partial charge in [-0.1, -0.05) is 30.3 Å². The SMILES string of the molecule is CC(C)(C)OC(=O)Nc1cccc(S(=O)(=O)NC2COCC(N3c4ccccc4Oc4ccccc43)C2O)c1. The number of fused-ring (bicyclic) bond motifs is 2. The Morgan fingerprint density at radius 2 is 1.62 bits per heavy atom. The molecule has 2 heterocycles. The quantitative estimate of drug-likeness (QED) is 0.425. The van der Waals surface area contributed by atoms with E-state index < -0.39 is 39.9 Å². The van der Waals surface area contributed by atoms with Crippen molar-refractivity contribution >= 4 is 33.2 Å². The number of nitrogens with one attached hydrogen (secondary N) is 2. The highest BCUT2D eigenvalue weighted by Gasteiger charge is 2.41. The largest absolute Gasteiger partial charge is 0.453 e. The van der Waals surface area contributed by atoms with Crippen LogP contribution in [0.3, 0.4) is 0 Å². The van der Waals surface area contributed by atoms with Crippen molar-refractivity contribution < 1.29 is 32.5 Å². The molecule has 1 amide bonds. The third-order valence-electron chi connectivity index (χ3n) is 6.29. The minimum atomic E-state index is -4.09. The number of anilines is 3. The summed E-state index contributed by atoms with van der Waals surface area (Å²) in [6.07, 6.45) is -1.81. The lowest BCUT2D eigenvalue weighted by Crippen LogP contribution is -2.60. The maximum atomic E-state index is 13.3. The highest BCUT2D eigenvalue weighted by molar-refractivity contribution is 7.89. The van der Waals surface area contributed by atoms with Gasteiger partial charge in [-0.25, -0.2) is 17.9 Å². The second-order valence-electron chi connectivity index (χ2n) is 10.4. The number of hydrogen-bond acceptors (Lipinski definition) is 8. The van der Waals surface area contributed by atoms with E-state index in [1.54, 1.807) is 26.8 Å². The van der Waals surface area contributed by atoms with E-state index in [1.807, 2.05) is 53.4 Å². The van der Waals surface area contributed by atoms with Gasteiger partial charge >= 0.3 is 6.09 Å². The number of rotatable bonds is 5. The highest BCUT2D eigenvalue weighted by Crippen LogP contribution is 2.48. The Morgan fingerprint density at radius 3 is 2.26 bits per heavy atom. The van der Waals surface area contributed by atoms with Crippen LogP contribution in [0.5, 0.6) is 11.5 Å². The highest BCUT2D eigenvalue weighted by atomic mass is 32.2. The van der Waals surface area contributed by atoms with E-state index in [1.165, 1.54) is 18.2 Å². The van der Waals surface area contributed by atoms with Crippen LogP contribution in [0.4, 0.5) is 21.9 Å². The zero-order chi connectivity index (χ0) is 27.8. The Bertz CT molecular complexity index is 1430. The number of aliphatic hydroxyl groups excluding tert-OH is 1. The van der Waals surface area contributed by atoms with E-state index in [0.717, 1.165) is 11.4 Å². The first-order valence-electron chi connectivity index (χ1n) is 12.6. The Hall–Kier alpha value is -3.64. The molecular formula is C28H31N3O7S. The Balaban J connectivity index is 1.37. The van der Waals surface area contributed by atoms with Gasteiger partial charge in [0.15, 0.2) is 11.5 Å². The lowest BCUT2D eigenvalue weighted by atomic mass is 9.98. The third kappa shape index (κ3) is 5.86. The number of benzene rings is 3. The summed E-state index contributed by atoms with van der Waals surface area (Å²) in [5, 5.41) is 14.0. The van der Waals surface area contributed by atoms with Gasteiger partial charge in [-0.15, -0.1) is 0 Å². The maximum absolute atomic E-state index is 13.3. The normalized spacial score (nSPS) is 20.8. The molecule has 1 fully saturated rings. The zero-order valence-electron chi connectivity index (χ0n) is 21.8. The summed E-state index contributed by atoms with van der Waals surface area (Å²) < 4.78 is 46.4. The average molecular weight is 554 g/mol. The van der Waals surface area contributed by atoms with Crippen LogP contribution in [-0.2, 0) is 19.5 Å². The van der Waals surface area contributed by atoms with Gasteiger partial charge in [0.05, 0.1) is 47.7 Å². The molecule has 0 aliphatic carbocycles. The van der Waals surface area contributed by atoms with Crippen LogP contribution in [0.15, 0.2) is 77.7 Å². The van der Waals surface area contributed by atoms with E-state index in [4.69, 9.17) is 14.2 Å². The van der Waals surface area contributed by atoms with Crippen LogP contribution in [0, 0.1) is 0 Å². The fraction of sp³-hybridized carbons (Fsp3) is 0.321. The fourth-order valence-corrected chi connectivity index (χ4v) is 5.91. The van der Waals surface area contributed by atoms with Crippen molar-refractivity contribution in [3.63, 3.8) is 0 Å². The summed E-state index contributed by atoms with van der Waals surface area (Å²) in [5.74, 6) is 1.25. The summed E-state index contributed by atoms with van der Waals surface area (Å²) in [5.41, 5.74) is 1.04. The molecule has 0 radical (unpaired) electrons. The average Bonchev–Trinajstić information content (AvgIpc) is 2.88. The molecule has 3 aromatic rings. The van der Waals surface area contributed by atoms with Crippen LogP contribution in [0.1, 0.15) is 20.8 Å². The predicted molar refractivity (Wildman–Crippen MR) is 146 cm³/mol. The smallest absolute Gasteiger partial charge is 0.412 e. The van der Waals surface area contributed by atoms with E-state index in [-0.39, 0.29) is 23.8 Å². The molecular weight excluding hydrogens is 522 g/mol. The van der Waals surface area contributed by atoms with Gasteiger partial charge in [-0.05, 0) is 63.2 Å². The molecule has 3 aromatic carbocycles. The number of nitrogens with zero attached hydrogens (tertiary/aromatic N) is 1. The van der Waals surface area contributed by atoms with Crippen LogP contribution in [-0.4, -0.2) is 56.6 Å². The fourth-order valence-electron chi connectivity index (χ4n) is 4.63. The molecule has 3 atom stereocenters. The van der Waals surface area contributed by atoms with Gasteiger partial charge in [0.1, 0.15) is 5.60 Å². The summed E-state index contributed by atoms with van der Waals surface area (Å²) in [7, 11) is -4.09. The van der Waals surface area contributed by atoms with Gasteiger partial charge in [0, 0.05) is 5.69 Å². The monoisotopic (exact) mass is 553 g/mol. The predicted octanol–water partition coefficient (Wildman–Crippen LogP) is 4.38. The van der Waals surface area contributed by atoms with Crippen molar-refractivity contribution in [2.45, 2.75) is 49.5 Å². The first-order valence-corrected chi connectivity index (χ1v) is 14.0. The molecule has 3 N–H and O–H groups in total. The van der Waals surface area contributed by atoms with E-state index in [2.05, 4.69) is 10.0 Å². The lowest BCUT2D eigenvalue weighted by Gasteiger charge is -2.44. The molecule has 3 unspecified atom stereocenters. The van der Waals surface area contributed by atoms with Gasteiger partial charge in [-0.3, -0.25) is 5.32 Å². The third-order valence-corrected chi connectivity index (χ3v) is 7.78. The standard InChI is InChI=1S/C28H31N3O7S/c1-28(2,3)38-27(33)29-18-9-8-10-19(15-18)39(34,35)30-20-16-36-17-23(26(20)32)31-21-11-4-6-13-24(21)37-25-14-7-5-12-22(25)31/h4-15,20,23,26,30,32H,16-17H2,1-3H3,(H,29,33). The molecule has 1 saturated heterocycles. The molecule has 2 aliphatic rings. The van der Waals surface area contributed by atoms with Crippen LogP contribution >= 0.6 is 0 Å². The topological polar surface area (TPSA) is 126 Å². The molecule has 0 spiro atoms. The number of para-hydroxylation sites is 4. The van der Waals surface area contributed by atoms with E-state index in [9.17, 15) is 18.3 Å². The molecule has 2 aliphatic heterocycles. The van der Waals surface area contributed by atoms with Crippen molar-refractivity contribution in [3.05, 3.63) is 72.8 Å². The lowest BCUT2D eigenvalue weighted by molar-refractivity contribution is -0.0244. The number of ether oxygens (including phenoxy) is 3. The van der Waals surface area contributed by atoms with Gasteiger partial charge in [-0.2, -0.15) is 0 Å². The Kier molecular flexibility index (Phi) is 7.25. The van der Waals surface area contributed by atoms with Gasteiger partial charge in [0.2, 0.25) is 10.0 Å². The summed E-state index contributed by atoms with van der Waals surface area (Å²) >= 11 is 0. The number of amides is 1. The maximum Gasteiger partial charge on any atom is 0.412 e.